The minimum absolute atomic E-state index is 0.0931. The van der Waals surface area contributed by atoms with Gasteiger partial charge in [0.15, 0.2) is 6.61 Å². The maximum absolute atomic E-state index is 11.9. The number of hydrogen-bond acceptors (Lipinski definition) is 4. The van der Waals surface area contributed by atoms with Crippen molar-refractivity contribution >= 4 is 11.9 Å². The molecular formula is C20H23NO4. The standard InChI is InChI=1S/C20H23NO4/c1-15-8-6-7-11-18(15)24-13-12-20(23)25-14-19(22)21-16(2)17-9-4-3-5-10-17/h3-11,16H,12-14H2,1-2H3,(H,21,22)/t16-/m1/s1. The van der Waals surface area contributed by atoms with Crippen LogP contribution in [0.5, 0.6) is 5.75 Å². The summed E-state index contributed by atoms with van der Waals surface area (Å²) in [4.78, 5) is 23.5. The van der Waals surface area contributed by atoms with Crippen molar-refractivity contribution in [2.24, 2.45) is 0 Å². The second kappa shape index (κ2) is 9.47. The van der Waals surface area contributed by atoms with Crippen LogP contribution in [0, 0.1) is 6.92 Å². The number of carbonyl (C=O) groups is 2. The number of rotatable bonds is 8. The molecule has 2 aromatic rings. The van der Waals surface area contributed by atoms with Gasteiger partial charge in [-0.2, -0.15) is 0 Å². The Hall–Kier alpha value is -2.82. The molecule has 1 N–H and O–H groups in total. The molecule has 0 aliphatic rings. The third-order valence-electron chi connectivity index (χ3n) is 3.70. The van der Waals surface area contributed by atoms with Crippen LogP contribution in [0.4, 0.5) is 0 Å². The summed E-state index contributed by atoms with van der Waals surface area (Å²) in [5, 5.41) is 2.79. The molecule has 2 aromatic carbocycles. The first-order valence-electron chi connectivity index (χ1n) is 8.24. The minimum atomic E-state index is -0.462. The number of amides is 1. The van der Waals surface area contributed by atoms with E-state index in [-0.39, 0.29) is 31.6 Å². The van der Waals surface area contributed by atoms with E-state index < -0.39 is 5.97 Å². The molecule has 1 amide bonds. The zero-order chi connectivity index (χ0) is 18.1. The molecule has 1 atom stereocenters. The topological polar surface area (TPSA) is 64.6 Å². The molecular weight excluding hydrogens is 318 g/mol. The number of benzene rings is 2. The molecule has 0 radical (unpaired) electrons. The second-order valence-corrected chi connectivity index (χ2v) is 5.72. The highest BCUT2D eigenvalue weighted by molar-refractivity contribution is 5.80. The summed E-state index contributed by atoms with van der Waals surface area (Å²) in [5.74, 6) is -0.0506. The summed E-state index contributed by atoms with van der Waals surface area (Å²) >= 11 is 0. The fourth-order valence-electron chi connectivity index (χ4n) is 2.29. The number of carbonyl (C=O) groups excluding carboxylic acids is 2. The van der Waals surface area contributed by atoms with E-state index in [0.29, 0.717) is 0 Å². The number of aryl methyl sites for hydroxylation is 1. The molecule has 25 heavy (non-hydrogen) atoms. The second-order valence-electron chi connectivity index (χ2n) is 5.72. The highest BCUT2D eigenvalue weighted by Gasteiger charge is 2.12. The first-order valence-corrected chi connectivity index (χ1v) is 8.24. The van der Waals surface area contributed by atoms with E-state index in [9.17, 15) is 9.59 Å². The fourth-order valence-corrected chi connectivity index (χ4v) is 2.29. The van der Waals surface area contributed by atoms with Crippen molar-refractivity contribution in [2.45, 2.75) is 26.3 Å². The molecule has 0 bridgehead atoms. The third kappa shape index (κ3) is 6.30. The molecule has 5 nitrogen and oxygen atoms in total. The minimum Gasteiger partial charge on any atom is -0.493 e. The molecule has 0 saturated heterocycles. The third-order valence-corrected chi connectivity index (χ3v) is 3.70. The highest BCUT2D eigenvalue weighted by Crippen LogP contribution is 2.16. The number of hydrogen-bond donors (Lipinski definition) is 1. The van der Waals surface area contributed by atoms with Gasteiger partial charge in [0.05, 0.1) is 19.1 Å². The normalized spacial score (nSPS) is 11.4. The lowest BCUT2D eigenvalue weighted by Crippen LogP contribution is -2.31. The van der Waals surface area contributed by atoms with Gasteiger partial charge in [-0.15, -0.1) is 0 Å². The molecule has 0 spiro atoms. The lowest BCUT2D eigenvalue weighted by atomic mass is 10.1. The smallest absolute Gasteiger partial charge is 0.309 e. The Labute approximate surface area is 148 Å². The van der Waals surface area contributed by atoms with E-state index in [1.165, 1.54) is 0 Å². The van der Waals surface area contributed by atoms with Crippen LogP contribution in [-0.4, -0.2) is 25.1 Å². The molecule has 0 aliphatic heterocycles. The molecule has 2 rings (SSSR count). The highest BCUT2D eigenvalue weighted by atomic mass is 16.5. The first-order chi connectivity index (χ1) is 12.1. The van der Waals surface area contributed by atoms with Crippen molar-refractivity contribution in [2.75, 3.05) is 13.2 Å². The molecule has 0 aromatic heterocycles. The van der Waals surface area contributed by atoms with Crippen molar-refractivity contribution in [1.29, 1.82) is 0 Å². The van der Waals surface area contributed by atoms with Gasteiger partial charge < -0.3 is 14.8 Å². The zero-order valence-corrected chi connectivity index (χ0v) is 14.5. The van der Waals surface area contributed by atoms with Crippen LogP contribution in [0.1, 0.15) is 30.5 Å². The molecule has 0 heterocycles. The first kappa shape index (κ1) is 18.5. The molecule has 5 heteroatoms. The van der Waals surface area contributed by atoms with Crippen molar-refractivity contribution in [3.05, 3.63) is 65.7 Å². The van der Waals surface area contributed by atoms with Gasteiger partial charge in [-0.05, 0) is 31.0 Å². The lowest BCUT2D eigenvalue weighted by molar-refractivity contribution is -0.149. The Balaban J connectivity index is 1.66. The molecule has 0 unspecified atom stereocenters. The SMILES string of the molecule is Cc1ccccc1OCCC(=O)OCC(=O)N[C@H](C)c1ccccc1. The molecule has 0 saturated carbocycles. The Bertz CT molecular complexity index is 700. The number of esters is 1. The number of nitrogens with one attached hydrogen (secondary N) is 1. The number of ether oxygens (including phenoxy) is 2. The Kier molecular flexibility index (Phi) is 7.01. The maximum atomic E-state index is 11.9. The van der Waals surface area contributed by atoms with Crippen molar-refractivity contribution < 1.29 is 19.1 Å². The predicted octanol–water partition coefficient (Wildman–Crippen LogP) is 3.18. The lowest BCUT2D eigenvalue weighted by Gasteiger charge is -2.14. The van der Waals surface area contributed by atoms with E-state index in [2.05, 4.69) is 5.32 Å². The molecule has 0 aliphatic carbocycles. The Morgan fingerprint density at radius 2 is 1.72 bits per heavy atom. The van der Waals surface area contributed by atoms with Gasteiger partial charge in [-0.3, -0.25) is 9.59 Å². The van der Waals surface area contributed by atoms with E-state index in [1.54, 1.807) is 0 Å². The Morgan fingerprint density at radius 3 is 2.44 bits per heavy atom. The zero-order valence-electron chi connectivity index (χ0n) is 14.5. The summed E-state index contributed by atoms with van der Waals surface area (Å²) in [7, 11) is 0. The van der Waals surface area contributed by atoms with Crippen LogP contribution in [0.3, 0.4) is 0 Å². The average molecular weight is 341 g/mol. The van der Waals surface area contributed by atoms with Crippen LogP contribution in [-0.2, 0) is 14.3 Å². The summed E-state index contributed by atoms with van der Waals surface area (Å²) in [6.07, 6.45) is 0.0931. The van der Waals surface area contributed by atoms with Gasteiger partial charge in [0, 0.05) is 0 Å². The molecule has 0 fully saturated rings. The Morgan fingerprint density at radius 1 is 1.04 bits per heavy atom. The van der Waals surface area contributed by atoms with Gasteiger partial charge in [-0.25, -0.2) is 0 Å². The van der Waals surface area contributed by atoms with Gasteiger partial charge in [-0.1, -0.05) is 48.5 Å². The largest absolute Gasteiger partial charge is 0.493 e. The van der Waals surface area contributed by atoms with Crippen LogP contribution >= 0.6 is 0 Å². The van der Waals surface area contributed by atoms with E-state index >= 15 is 0 Å². The van der Waals surface area contributed by atoms with Gasteiger partial charge in [0.25, 0.3) is 5.91 Å². The summed E-state index contributed by atoms with van der Waals surface area (Å²) in [6.45, 7) is 3.74. The average Bonchev–Trinajstić information content (AvgIpc) is 2.62. The van der Waals surface area contributed by atoms with Crippen molar-refractivity contribution in [1.82, 2.24) is 5.32 Å². The van der Waals surface area contributed by atoms with Crippen molar-refractivity contribution in [3.8, 4) is 5.75 Å². The van der Waals surface area contributed by atoms with Crippen LogP contribution in [0.15, 0.2) is 54.6 Å². The monoisotopic (exact) mass is 341 g/mol. The molecule has 132 valence electrons. The maximum Gasteiger partial charge on any atom is 0.309 e. The van der Waals surface area contributed by atoms with E-state index in [0.717, 1.165) is 16.9 Å². The van der Waals surface area contributed by atoms with Crippen LogP contribution in [0.25, 0.3) is 0 Å². The van der Waals surface area contributed by atoms with Crippen molar-refractivity contribution in [3.63, 3.8) is 0 Å². The predicted molar refractivity (Wildman–Crippen MR) is 95.2 cm³/mol. The summed E-state index contributed by atoms with van der Waals surface area (Å²) in [6, 6.07) is 17.0. The van der Waals surface area contributed by atoms with Crippen LogP contribution < -0.4 is 10.1 Å². The van der Waals surface area contributed by atoms with E-state index in [1.807, 2.05) is 68.4 Å². The number of para-hydroxylation sites is 1. The summed E-state index contributed by atoms with van der Waals surface area (Å²) < 4.78 is 10.5. The summed E-state index contributed by atoms with van der Waals surface area (Å²) in [5.41, 5.74) is 2.00. The quantitative estimate of drug-likeness (QED) is 0.749. The van der Waals surface area contributed by atoms with Gasteiger partial charge >= 0.3 is 5.97 Å². The van der Waals surface area contributed by atoms with Gasteiger partial charge in [0.2, 0.25) is 0 Å². The van der Waals surface area contributed by atoms with Crippen LogP contribution in [0.2, 0.25) is 0 Å². The fraction of sp³-hybridized carbons (Fsp3) is 0.300. The van der Waals surface area contributed by atoms with Gasteiger partial charge in [0.1, 0.15) is 5.75 Å². The van der Waals surface area contributed by atoms with E-state index in [4.69, 9.17) is 9.47 Å².